The van der Waals surface area contributed by atoms with Crippen LogP contribution in [-0.2, 0) is 7.05 Å². The Labute approximate surface area is 116 Å². The summed E-state index contributed by atoms with van der Waals surface area (Å²) in [7, 11) is 1.92. The standard InChI is InChI=1S/C12H17N5OS/c1-8(2)9(10-4-5-15-17(10)3)6-13-12(18)11-7-14-16-19-11/h4-5,7-9H,6H2,1-3H3,(H,13,18)/t9-/m1/s1. The Morgan fingerprint density at radius 3 is 2.84 bits per heavy atom. The fourth-order valence-electron chi connectivity index (χ4n) is 1.99. The van der Waals surface area contributed by atoms with Crippen LogP contribution in [-0.4, -0.2) is 31.8 Å². The summed E-state index contributed by atoms with van der Waals surface area (Å²) in [5.74, 6) is 0.524. The normalized spacial score (nSPS) is 12.6. The van der Waals surface area contributed by atoms with Crippen molar-refractivity contribution < 1.29 is 4.79 Å². The second-order valence-corrected chi connectivity index (χ2v) is 5.51. The maximum atomic E-state index is 11.9. The van der Waals surface area contributed by atoms with E-state index in [2.05, 4.69) is 33.8 Å². The number of nitrogens with one attached hydrogen (secondary N) is 1. The minimum Gasteiger partial charge on any atom is -0.351 e. The topological polar surface area (TPSA) is 72.7 Å². The number of aryl methyl sites for hydroxylation is 1. The molecule has 6 nitrogen and oxygen atoms in total. The third-order valence-corrected chi connectivity index (χ3v) is 3.77. The SMILES string of the molecule is CC(C)[C@@H](CNC(=O)c1cnns1)c1ccnn1C. The predicted octanol–water partition coefficient (Wildman–Crippen LogP) is 1.44. The molecule has 2 aromatic rings. The third kappa shape index (κ3) is 3.17. The maximum absolute atomic E-state index is 11.9. The van der Waals surface area contributed by atoms with Crippen molar-refractivity contribution in [3.63, 3.8) is 0 Å². The van der Waals surface area contributed by atoms with Crippen LogP contribution in [0.25, 0.3) is 0 Å². The lowest BCUT2D eigenvalue weighted by molar-refractivity contribution is 0.0952. The number of hydrogen-bond acceptors (Lipinski definition) is 5. The zero-order valence-electron chi connectivity index (χ0n) is 11.2. The second-order valence-electron chi connectivity index (χ2n) is 4.72. The van der Waals surface area contributed by atoms with Gasteiger partial charge in [0.15, 0.2) is 0 Å². The quantitative estimate of drug-likeness (QED) is 0.899. The van der Waals surface area contributed by atoms with E-state index in [4.69, 9.17) is 0 Å². The first kappa shape index (κ1) is 13.7. The van der Waals surface area contributed by atoms with Crippen molar-refractivity contribution in [2.24, 2.45) is 13.0 Å². The highest BCUT2D eigenvalue weighted by atomic mass is 32.1. The Morgan fingerprint density at radius 1 is 1.53 bits per heavy atom. The van der Waals surface area contributed by atoms with Crippen LogP contribution < -0.4 is 5.32 Å². The zero-order valence-corrected chi connectivity index (χ0v) is 12.0. The van der Waals surface area contributed by atoms with Gasteiger partial charge in [0.25, 0.3) is 5.91 Å². The average molecular weight is 279 g/mol. The first-order valence-electron chi connectivity index (χ1n) is 6.13. The van der Waals surface area contributed by atoms with Crippen LogP contribution in [0.4, 0.5) is 0 Å². The van der Waals surface area contributed by atoms with Gasteiger partial charge in [-0.1, -0.05) is 18.3 Å². The fourth-order valence-corrected chi connectivity index (χ4v) is 2.42. The van der Waals surface area contributed by atoms with Crippen molar-refractivity contribution in [2.75, 3.05) is 6.54 Å². The summed E-state index contributed by atoms with van der Waals surface area (Å²) in [5.41, 5.74) is 1.12. The lowest BCUT2D eigenvalue weighted by Crippen LogP contribution is -2.30. The van der Waals surface area contributed by atoms with Crippen LogP contribution in [0, 0.1) is 5.92 Å². The molecule has 0 saturated carbocycles. The van der Waals surface area contributed by atoms with Crippen LogP contribution in [0.2, 0.25) is 0 Å². The van der Waals surface area contributed by atoms with Gasteiger partial charge in [-0.2, -0.15) is 5.10 Å². The van der Waals surface area contributed by atoms with Gasteiger partial charge in [0, 0.05) is 31.4 Å². The summed E-state index contributed by atoms with van der Waals surface area (Å²) in [6.45, 7) is 4.85. The van der Waals surface area contributed by atoms with E-state index in [1.54, 1.807) is 6.20 Å². The van der Waals surface area contributed by atoms with Crippen LogP contribution in [0.15, 0.2) is 18.5 Å². The highest BCUT2D eigenvalue weighted by Gasteiger charge is 2.20. The van der Waals surface area contributed by atoms with Gasteiger partial charge in [0.2, 0.25) is 0 Å². The number of rotatable bonds is 5. The van der Waals surface area contributed by atoms with Crippen molar-refractivity contribution in [1.82, 2.24) is 24.7 Å². The molecule has 0 fully saturated rings. The molecule has 2 rings (SSSR count). The molecule has 7 heteroatoms. The molecule has 0 aliphatic carbocycles. The molecule has 1 N–H and O–H groups in total. The molecule has 1 atom stereocenters. The van der Waals surface area contributed by atoms with Crippen molar-refractivity contribution in [3.05, 3.63) is 29.0 Å². The van der Waals surface area contributed by atoms with E-state index >= 15 is 0 Å². The van der Waals surface area contributed by atoms with Gasteiger partial charge in [-0.05, 0) is 23.5 Å². The largest absolute Gasteiger partial charge is 0.351 e. The highest BCUT2D eigenvalue weighted by Crippen LogP contribution is 2.23. The van der Waals surface area contributed by atoms with E-state index in [1.807, 2.05) is 17.8 Å². The Bertz CT molecular complexity index is 534. The number of carbonyl (C=O) groups is 1. The minimum atomic E-state index is -0.122. The van der Waals surface area contributed by atoms with Crippen LogP contribution in [0.5, 0.6) is 0 Å². The molecule has 0 spiro atoms. The molecule has 0 radical (unpaired) electrons. The van der Waals surface area contributed by atoms with Gasteiger partial charge in [-0.3, -0.25) is 9.48 Å². The number of carbonyl (C=O) groups excluding carboxylic acids is 1. The molecule has 0 bridgehead atoms. The lowest BCUT2D eigenvalue weighted by Gasteiger charge is -2.21. The second kappa shape index (κ2) is 5.92. The molecule has 1 amide bonds. The molecule has 0 unspecified atom stereocenters. The summed E-state index contributed by atoms with van der Waals surface area (Å²) < 4.78 is 5.54. The summed E-state index contributed by atoms with van der Waals surface area (Å²) in [6.07, 6.45) is 3.26. The third-order valence-electron chi connectivity index (χ3n) is 3.11. The summed E-state index contributed by atoms with van der Waals surface area (Å²) in [6, 6.07) is 1.99. The number of amides is 1. The molecule has 0 aromatic carbocycles. The van der Waals surface area contributed by atoms with Crippen molar-refractivity contribution in [3.8, 4) is 0 Å². The number of aromatic nitrogens is 4. The Hall–Kier alpha value is -1.76. The van der Waals surface area contributed by atoms with E-state index < -0.39 is 0 Å². The molecular weight excluding hydrogens is 262 g/mol. The van der Waals surface area contributed by atoms with Crippen molar-refractivity contribution in [1.29, 1.82) is 0 Å². The summed E-state index contributed by atoms with van der Waals surface area (Å²) in [4.78, 5) is 12.4. The van der Waals surface area contributed by atoms with E-state index in [0.29, 0.717) is 17.3 Å². The number of nitrogens with zero attached hydrogens (tertiary/aromatic N) is 4. The van der Waals surface area contributed by atoms with Gasteiger partial charge < -0.3 is 5.32 Å². The average Bonchev–Trinajstić information content (AvgIpc) is 3.01. The molecule has 0 aliphatic rings. The Kier molecular flexibility index (Phi) is 4.26. The summed E-state index contributed by atoms with van der Waals surface area (Å²) >= 11 is 1.10. The van der Waals surface area contributed by atoms with E-state index in [1.165, 1.54) is 6.20 Å². The van der Waals surface area contributed by atoms with E-state index in [0.717, 1.165) is 17.2 Å². The number of hydrogen-bond donors (Lipinski definition) is 1. The molecule has 2 heterocycles. The summed E-state index contributed by atoms with van der Waals surface area (Å²) in [5, 5.41) is 10.8. The Balaban J connectivity index is 2.03. The van der Waals surface area contributed by atoms with Gasteiger partial charge >= 0.3 is 0 Å². The molecule has 0 saturated heterocycles. The van der Waals surface area contributed by atoms with Gasteiger partial charge in [0.1, 0.15) is 4.88 Å². The predicted molar refractivity (Wildman–Crippen MR) is 73.0 cm³/mol. The van der Waals surface area contributed by atoms with Gasteiger partial charge in [0.05, 0.1) is 6.20 Å². The van der Waals surface area contributed by atoms with Crippen LogP contribution in [0.1, 0.15) is 35.1 Å². The van der Waals surface area contributed by atoms with Crippen LogP contribution in [0.3, 0.4) is 0 Å². The smallest absolute Gasteiger partial charge is 0.264 e. The molecule has 0 aliphatic heterocycles. The fraction of sp³-hybridized carbons (Fsp3) is 0.500. The zero-order chi connectivity index (χ0) is 13.8. The van der Waals surface area contributed by atoms with Crippen molar-refractivity contribution >= 4 is 17.4 Å². The minimum absolute atomic E-state index is 0.122. The van der Waals surface area contributed by atoms with E-state index in [-0.39, 0.29) is 11.8 Å². The molecular formula is C12H17N5OS. The molecule has 19 heavy (non-hydrogen) atoms. The first-order valence-corrected chi connectivity index (χ1v) is 6.90. The maximum Gasteiger partial charge on any atom is 0.264 e. The lowest BCUT2D eigenvalue weighted by atomic mass is 9.92. The highest BCUT2D eigenvalue weighted by molar-refractivity contribution is 7.07. The van der Waals surface area contributed by atoms with Crippen LogP contribution >= 0.6 is 11.5 Å². The van der Waals surface area contributed by atoms with E-state index in [9.17, 15) is 4.79 Å². The van der Waals surface area contributed by atoms with Gasteiger partial charge in [-0.15, -0.1) is 5.10 Å². The molecule has 2 aromatic heterocycles. The van der Waals surface area contributed by atoms with Gasteiger partial charge in [-0.25, -0.2) is 0 Å². The van der Waals surface area contributed by atoms with Crippen molar-refractivity contribution in [2.45, 2.75) is 19.8 Å². The first-order chi connectivity index (χ1) is 9.09. The Morgan fingerprint density at radius 2 is 2.32 bits per heavy atom. The molecule has 102 valence electrons. The monoisotopic (exact) mass is 279 g/mol.